The van der Waals surface area contributed by atoms with Crippen molar-refractivity contribution in [1.82, 2.24) is 0 Å². The van der Waals surface area contributed by atoms with Gasteiger partial charge in [-0.15, -0.1) is 11.3 Å². The number of hydrogen-bond acceptors (Lipinski definition) is 3. The summed E-state index contributed by atoms with van der Waals surface area (Å²) < 4.78 is 0. The summed E-state index contributed by atoms with van der Waals surface area (Å²) >= 11 is 3.52. The zero-order valence-electron chi connectivity index (χ0n) is 19.0. The van der Waals surface area contributed by atoms with Crippen molar-refractivity contribution in [3.05, 3.63) is 134 Å². The van der Waals surface area contributed by atoms with Crippen LogP contribution in [0.25, 0.3) is 24.3 Å². The largest absolute Gasteiger partial charge is 0.311 e. The van der Waals surface area contributed by atoms with E-state index < -0.39 is 0 Å². The molecule has 1 nitrogen and oxygen atoms in total. The van der Waals surface area contributed by atoms with Crippen molar-refractivity contribution in [2.45, 2.75) is 6.92 Å². The van der Waals surface area contributed by atoms with Crippen LogP contribution in [0.4, 0.5) is 17.1 Å². The van der Waals surface area contributed by atoms with Crippen LogP contribution < -0.4 is 4.90 Å². The van der Waals surface area contributed by atoms with Crippen molar-refractivity contribution in [3.8, 4) is 0 Å². The third-order valence-electron chi connectivity index (χ3n) is 5.72. The van der Waals surface area contributed by atoms with Crippen molar-refractivity contribution in [3.63, 3.8) is 0 Å². The molecule has 0 aliphatic heterocycles. The Balaban J connectivity index is 1.36. The molecule has 0 amide bonds. The van der Waals surface area contributed by atoms with E-state index in [1.165, 1.54) is 27.1 Å². The van der Waals surface area contributed by atoms with Crippen LogP contribution in [0.15, 0.2) is 107 Å². The van der Waals surface area contributed by atoms with Crippen molar-refractivity contribution in [2.75, 3.05) is 4.90 Å². The van der Waals surface area contributed by atoms with Crippen LogP contribution in [0, 0.1) is 6.92 Å². The van der Waals surface area contributed by atoms with E-state index >= 15 is 0 Å². The molecule has 0 N–H and O–H groups in total. The molecule has 0 unspecified atom stereocenters. The highest BCUT2D eigenvalue weighted by Gasteiger charge is 2.11. The lowest BCUT2D eigenvalue weighted by atomic mass is 10.1. The molecule has 0 saturated heterocycles. The van der Waals surface area contributed by atoms with E-state index in [1.807, 2.05) is 0 Å². The smallest absolute Gasteiger partial charge is 0.0462 e. The maximum Gasteiger partial charge on any atom is 0.0462 e. The third kappa shape index (κ3) is 5.12. The second-order valence-corrected chi connectivity index (χ2v) is 9.69. The number of anilines is 3. The molecule has 2 heterocycles. The first-order valence-electron chi connectivity index (χ1n) is 11.2. The molecule has 2 aromatic heterocycles. The molecular weight excluding hydrogens is 450 g/mol. The lowest BCUT2D eigenvalue weighted by Gasteiger charge is -2.25. The van der Waals surface area contributed by atoms with Gasteiger partial charge in [0.25, 0.3) is 0 Å². The maximum atomic E-state index is 2.28. The summed E-state index contributed by atoms with van der Waals surface area (Å²) in [4.78, 5) is 3.59. The molecule has 5 rings (SSSR count). The molecule has 0 atom stereocenters. The molecule has 0 aliphatic carbocycles. The highest BCUT2D eigenvalue weighted by molar-refractivity contribution is 7.11. The van der Waals surface area contributed by atoms with E-state index in [9.17, 15) is 0 Å². The Bertz CT molecular complexity index is 1340. The molecule has 34 heavy (non-hydrogen) atoms. The maximum absolute atomic E-state index is 2.28. The normalized spacial score (nSPS) is 11.4. The number of para-hydroxylation sites is 2. The Kier molecular flexibility index (Phi) is 6.85. The number of benzene rings is 3. The van der Waals surface area contributed by atoms with Crippen LogP contribution in [0.3, 0.4) is 0 Å². The fourth-order valence-electron chi connectivity index (χ4n) is 3.84. The van der Waals surface area contributed by atoms with E-state index in [4.69, 9.17) is 0 Å². The monoisotopic (exact) mass is 475 g/mol. The Morgan fingerprint density at radius 1 is 0.588 bits per heavy atom. The standard InChI is InChI=1S/C31H25NS2/c1-24-27(23-34-31(24)19-15-26-20-21-33-22-26)16-12-25-13-17-30(18-14-25)32(28-8-4-2-5-9-28)29-10-6-3-7-11-29/h2-23H,1H3/b16-12+,19-15+. The van der Waals surface area contributed by atoms with Crippen molar-refractivity contribution >= 4 is 64.0 Å². The average molecular weight is 476 g/mol. The minimum Gasteiger partial charge on any atom is -0.311 e. The first-order valence-corrected chi connectivity index (χ1v) is 13.1. The molecule has 0 aliphatic rings. The lowest BCUT2D eigenvalue weighted by molar-refractivity contribution is 1.28. The Morgan fingerprint density at radius 3 is 1.82 bits per heavy atom. The summed E-state index contributed by atoms with van der Waals surface area (Å²) in [5.41, 5.74) is 8.48. The molecule has 0 saturated carbocycles. The van der Waals surface area contributed by atoms with Gasteiger partial charge in [0.1, 0.15) is 0 Å². The van der Waals surface area contributed by atoms with Gasteiger partial charge in [-0.25, -0.2) is 0 Å². The first-order chi connectivity index (χ1) is 16.8. The van der Waals surface area contributed by atoms with Crippen LogP contribution in [0.5, 0.6) is 0 Å². The van der Waals surface area contributed by atoms with Gasteiger partial charge in [-0.2, -0.15) is 11.3 Å². The molecular formula is C31H25NS2. The minimum absolute atomic E-state index is 1.14. The molecule has 166 valence electrons. The first kappa shape index (κ1) is 22.1. The second kappa shape index (κ2) is 10.5. The number of nitrogens with zero attached hydrogens (tertiary/aromatic N) is 1. The second-order valence-electron chi connectivity index (χ2n) is 8.00. The van der Waals surface area contributed by atoms with Gasteiger partial charge in [0.05, 0.1) is 0 Å². The molecule has 0 radical (unpaired) electrons. The number of hydrogen-bond donors (Lipinski definition) is 0. The summed E-state index contributed by atoms with van der Waals surface area (Å²) in [6, 6.07) is 31.9. The van der Waals surface area contributed by atoms with Crippen LogP contribution in [0.1, 0.15) is 27.1 Å². The molecule has 3 aromatic carbocycles. The fraction of sp³-hybridized carbons (Fsp3) is 0.0323. The highest BCUT2D eigenvalue weighted by Crippen LogP contribution is 2.34. The van der Waals surface area contributed by atoms with E-state index in [0.717, 1.165) is 17.1 Å². The summed E-state index contributed by atoms with van der Waals surface area (Å²) in [7, 11) is 0. The van der Waals surface area contributed by atoms with Crippen molar-refractivity contribution < 1.29 is 0 Å². The molecule has 0 spiro atoms. The number of thiophene rings is 2. The van der Waals surface area contributed by atoms with Gasteiger partial charge in [0, 0.05) is 21.9 Å². The third-order valence-corrected chi connectivity index (χ3v) is 7.49. The predicted molar refractivity (Wildman–Crippen MR) is 152 cm³/mol. The fourth-order valence-corrected chi connectivity index (χ4v) is 5.42. The average Bonchev–Trinajstić information content (AvgIpc) is 3.53. The Morgan fingerprint density at radius 2 is 1.21 bits per heavy atom. The topological polar surface area (TPSA) is 3.24 Å². The summed E-state index contributed by atoms with van der Waals surface area (Å²) in [5.74, 6) is 0. The number of rotatable bonds is 7. The Hall–Kier alpha value is -3.66. The quantitative estimate of drug-likeness (QED) is 0.226. The summed E-state index contributed by atoms with van der Waals surface area (Å²) in [5, 5.41) is 6.51. The van der Waals surface area contributed by atoms with E-state index in [-0.39, 0.29) is 0 Å². The Labute approximate surface area is 209 Å². The van der Waals surface area contributed by atoms with E-state index in [1.54, 1.807) is 22.7 Å². The van der Waals surface area contributed by atoms with Crippen LogP contribution >= 0.6 is 22.7 Å². The van der Waals surface area contributed by atoms with Crippen LogP contribution in [-0.2, 0) is 0 Å². The molecule has 0 bridgehead atoms. The van der Waals surface area contributed by atoms with Gasteiger partial charge in [-0.1, -0.05) is 66.8 Å². The van der Waals surface area contributed by atoms with Crippen molar-refractivity contribution in [1.29, 1.82) is 0 Å². The van der Waals surface area contributed by atoms with Gasteiger partial charge in [0.2, 0.25) is 0 Å². The van der Waals surface area contributed by atoms with Gasteiger partial charge in [0.15, 0.2) is 0 Å². The van der Waals surface area contributed by atoms with Crippen molar-refractivity contribution in [2.24, 2.45) is 0 Å². The van der Waals surface area contributed by atoms with Gasteiger partial charge >= 0.3 is 0 Å². The van der Waals surface area contributed by atoms with Gasteiger partial charge in [-0.05, 0) is 93.9 Å². The lowest BCUT2D eigenvalue weighted by Crippen LogP contribution is -2.09. The minimum atomic E-state index is 1.14. The zero-order valence-corrected chi connectivity index (χ0v) is 20.6. The molecule has 0 fully saturated rings. The zero-order chi connectivity index (χ0) is 23.2. The highest BCUT2D eigenvalue weighted by atomic mass is 32.1. The van der Waals surface area contributed by atoms with Crippen LogP contribution in [-0.4, -0.2) is 0 Å². The molecule has 3 heteroatoms. The van der Waals surface area contributed by atoms with Gasteiger partial charge in [-0.3, -0.25) is 0 Å². The SMILES string of the molecule is Cc1c(/C=C/c2ccc(N(c3ccccc3)c3ccccc3)cc2)csc1/C=C/c1ccsc1. The van der Waals surface area contributed by atoms with E-state index in [0.29, 0.717) is 0 Å². The van der Waals surface area contributed by atoms with E-state index in [2.05, 4.69) is 143 Å². The summed E-state index contributed by atoms with van der Waals surface area (Å²) in [6.45, 7) is 2.20. The molecule has 5 aromatic rings. The van der Waals surface area contributed by atoms with Crippen LogP contribution in [0.2, 0.25) is 0 Å². The predicted octanol–water partition coefficient (Wildman–Crippen LogP) is 9.93. The van der Waals surface area contributed by atoms with Gasteiger partial charge < -0.3 is 4.90 Å². The summed E-state index contributed by atoms with van der Waals surface area (Å²) in [6.07, 6.45) is 8.82.